The summed E-state index contributed by atoms with van der Waals surface area (Å²) in [6.45, 7) is 7.86. The summed E-state index contributed by atoms with van der Waals surface area (Å²) in [6.07, 6.45) is 1.95. The van der Waals surface area contributed by atoms with Gasteiger partial charge in [-0.05, 0) is 18.2 Å². The van der Waals surface area contributed by atoms with E-state index >= 15 is 0 Å². The van der Waals surface area contributed by atoms with Crippen LogP contribution in [0.5, 0.6) is 0 Å². The minimum Gasteiger partial charge on any atom is -0.354 e. The number of alkyl halides is 1. The molecule has 0 bridgehead atoms. The van der Waals surface area contributed by atoms with Crippen LogP contribution < -0.4 is 4.90 Å². The van der Waals surface area contributed by atoms with Gasteiger partial charge in [0.15, 0.2) is 0 Å². The highest BCUT2D eigenvalue weighted by atomic mass is 79.9. The van der Waals surface area contributed by atoms with E-state index in [0.717, 1.165) is 43.9 Å². The van der Waals surface area contributed by atoms with Crippen LogP contribution in [0.25, 0.3) is 0 Å². The van der Waals surface area contributed by atoms with E-state index in [-0.39, 0.29) is 0 Å². The van der Waals surface area contributed by atoms with Crippen molar-refractivity contribution in [2.24, 2.45) is 0 Å². The van der Waals surface area contributed by atoms with Crippen LogP contribution in [-0.4, -0.2) is 42.6 Å². The second-order valence-electron chi connectivity index (χ2n) is 4.08. The summed E-state index contributed by atoms with van der Waals surface area (Å²) in [5.41, 5.74) is 1.23. The van der Waals surface area contributed by atoms with Crippen LogP contribution in [0.4, 0.5) is 5.82 Å². The summed E-state index contributed by atoms with van der Waals surface area (Å²) >= 11 is 3.43. The summed E-state index contributed by atoms with van der Waals surface area (Å²) in [7, 11) is 0. The van der Waals surface area contributed by atoms with Crippen molar-refractivity contribution in [2.45, 2.75) is 12.3 Å². The summed E-state index contributed by atoms with van der Waals surface area (Å²) < 4.78 is 0. The Kier molecular flexibility index (Phi) is 4.18. The minimum absolute atomic E-state index is 0.879. The molecule has 4 heteroatoms. The van der Waals surface area contributed by atoms with Crippen molar-refractivity contribution in [3.05, 3.63) is 23.9 Å². The van der Waals surface area contributed by atoms with E-state index in [2.05, 4.69) is 49.8 Å². The average molecular weight is 284 g/mol. The van der Waals surface area contributed by atoms with Crippen molar-refractivity contribution < 1.29 is 0 Å². The maximum Gasteiger partial charge on any atom is 0.128 e. The highest BCUT2D eigenvalue weighted by Crippen LogP contribution is 2.14. The fourth-order valence-corrected chi connectivity index (χ4v) is 2.31. The molecule has 0 aliphatic carbocycles. The molecule has 0 spiro atoms. The number of aromatic nitrogens is 1. The number of halogens is 1. The number of pyridine rings is 1. The van der Waals surface area contributed by atoms with Crippen molar-refractivity contribution in [1.29, 1.82) is 0 Å². The molecule has 1 aliphatic rings. The molecular formula is C12H18BrN3. The quantitative estimate of drug-likeness (QED) is 0.793. The molecule has 0 unspecified atom stereocenters. The van der Waals surface area contributed by atoms with E-state index in [1.54, 1.807) is 0 Å². The molecule has 0 radical (unpaired) electrons. The van der Waals surface area contributed by atoms with Crippen LogP contribution in [0.1, 0.15) is 12.5 Å². The number of hydrogen-bond donors (Lipinski definition) is 0. The van der Waals surface area contributed by atoms with Gasteiger partial charge in [0.25, 0.3) is 0 Å². The lowest BCUT2D eigenvalue weighted by Crippen LogP contribution is -2.46. The zero-order chi connectivity index (χ0) is 11.4. The van der Waals surface area contributed by atoms with E-state index < -0.39 is 0 Å². The van der Waals surface area contributed by atoms with Gasteiger partial charge in [-0.1, -0.05) is 28.9 Å². The lowest BCUT2D eigenvalue weighted by molar-refractivity contribution is 0.270. The van der Waals surface area contributed by atoms with Gasteiger partial charge in [0.2, 0.25) is 0 Å². The second-order valence-corrected chi connectivity index (χ2v) is 4.64. The lowest BCUT2D eigenvalue weighted by atomic mass is 10.3. The standard InChI is InChI=1S/C12H18BrN3/c1-2-15-5-7-16(8-6-15)12-4-3-11(9-13)10-14-12/h3-4,10H,2,5-9H2,1H3. The van der Waals surface area contributed by atoms with E-state index in [1.165, 1.54) is 5.56 Å². The molecule has 1 aliphatic heterocycles. The van der Waals surface area contributed by atoms with Gasteiger partial charge in [-0.2, -0.15) is 0 Å². The Morgan fingerprint density at radius 3 is 2.50 bits per heavy atom. The molecular weight excluding hydrogens is 266 g/mol. The fourth-order valence-electron chi connectivity index (χ4n) is 1.98. The third-order valence-electron chi connectivity index (χ3n) is 3.11. The minimum atomic E-state index is 0.879. The highest BCUT2D eigenvalue weighted by molar-refractivity contribution is 9.08. The predicted molar refractivity (Wildman–Crippen MR) is 71.2 cm³/mol. The molecule has 88 valence electrons. The molecule has 1 fully saturated rings. The number of nitrogens with zero attached hydrogens (tertiary/aromatic N) is 3. The van der Waals surface area contributed by atoms with Crippen LogP contribution >= 0.6 is 15.9 Å². The van der Waals surface area contributed by atoms with Crippen LogP contribution in [0.3, 0.4) is 0 Å². The van der Waals surface area contributed by atoms with Crippen molar-refractivity contribution in [2.75, 3.05) is 37.6 Å². The smallest absolute Gasteiger partial charge is 0.128 e. The third kappa shape index (κ3) is 2.74. The van der Waals surface area contributed by atoms with Gasteiger partial charge in [-0.25, -0.2) is 4.98 Å². The molecule has 0 N–H and O–H groups in total. The molecule has 2 rings (SSSR count). The number of piperazine rings is 1. The van der Waals surface area contributed by atoms with Crippen LogP contribution in [0, 0.1) is 0 Å². The monoisotopic (exact) mass is 283 g/mol. The first kappa shape index (κ1) is 11.9. The Morgan fingerprint density at radius 1 is 1.25 bits per heavy atom. The SMILES string of the molecule is CCN1CCN(c2ccc(CBr)cn2)CC1. The van der Waals surface area contributed by atoms with Gasteiger partial charge in [-0.15, -0.1) is 0 Å². The van der Waals surface area contributed by atoms with Gasteiger partial charge in [0, 0.05) is 37.7 Å². The number of hydrogen-bond acceptors (Lipinski definition) is 3. The summed E-state index contributed by atoms with van der Waals surface area (Å²) in [6, 6.07) is 4.27. The van der Waals surface area contributed by atoms with E-state index in [4.69, 9.17) is 0 Å². The molecule has 0 saturated carbocycles. The fraction of sp³-hybridized carbons (Fsp3) is 0.583. The van der Waals surface area contributed by atoms with Crippen LogP contribution in [0.15, 0.2) is 18.3 Å². The van der Waals surface area contributed by atoms with Crippen molar-refractivity contribution in [3.8, 4) is 0 Å². The average Bonchev–Trinajstić information content (AvgIpc) is 2.39. The summed E-state index contributed by atoms with van der Waals surface area (Å²) in [4.78, 5) is 9.34. The van der Waals surface area contributed by atoms with Crippen LogP contribution in [0.2, 0.25) is 0 Å². The number of anilines is 1. The highest BCUT2D eigenvalue weighted by Gasteiger charge is 2.16. The molecule has 1 aromatic rings. The molecule has 0 atom stereocenters. The molecule has 3 nitrogen and oxygen atoms in total. The molecule has 1 aromatic heterocycles. The van der Waals surface area contributed by atoms with Gasteiger partial charge in [0.05, 0.1) is 0 Å². The predicted octanol–water partition coefficient (Wildman–Crippen LogP) is 2.12. The first-order valence-electron chi connectivity index (χ1n) is 5.81. The van der Waals surface area contributed by atoms with Crippen molar-refractivity contribution in [3.63, 3.8) is 0 Å². The lowest BCUT2D eigenvalue weighted by Gasteiger charge is -2.34. The normalized spacial score (nSPS) is 17.8. The Labute approximate surface area is 106 Å². The second kappa shape index (κ2) is 5.64. The maximum absolute atomic E-state index is 4.50. The largest absolute Gasteiger partial charge is 0.354 e. The Morgan fingerprint density at radius 2 is 2.00 bits per heavy atom. The zero-order valence-electron chi connectivity index (χ0n) is 9.69. The van der Waals surface area contributed by atoms with E-state index in [0.29, 0.717) is 0 Å². The molecule has 1 saturated heterocycles. The van der Waals surface area contributed by atoms with Gasteiger partial charge < -0.3 is 9.80 Å². The Hall–Kier alpha value is -0.610. The van der Waals surface area contributed by atoms with Gasteiger partial charge in [-0.3, -0.25) is 0 Å². The summed E-state index contributed by atoms with van der Waals surface area (Å²) in [5, 5.41) is 0.879. The summed E-state index contributed by atoms with van der Waals surface area (Å²) in [5.74, 6) is 1.11. The van der Waals surface area contributed by atoms with Crippen LogP contribution in [-0.2, 0) is 5.33 Å². The maximum atomic E-state index is 4.50. The van der Waals surface area contributed by atoms with Crippen molar-refractivity contribution in [1.82, 2.24) is 9.88 Å². The molecule has 0 aromatic carbocycles. The Balaban J connectivity index is 1.97. The molecule has 16 heavy (non-hydrogen) atoms. The number of rotatable bonds is 3. The zero-order valence-corrected chi connectivity index (χ0v) is 11.3. The molecule has 2 heterocycles. The third-order valence-corrected chi connectivity index (χ3v) is 3.75. The number of likely N-dealkylation sites (N-methyl/N-ethyl adjacent to an activating group) is 1. The molecule has 0 amide bonds. The van der Waals surface area contributed by atoms with Gasteiger partial charge >= 0.3 is 0 Å². The van der Waals surface area contributed by atoms with E-state index in [9.17, 15) is 0 Å². The van der Waals surface area contributed by atoms with E-state index in [1.807, 2.05) is 6.20 Å². The first-order valence-corrected chi connectivity index (χ1v) is 6.94. The first-order chi connectivity index (χ1) is 7.83. The Bertz CT molecular complexity index is 318. The van der Waals surface area contributed by atoms with Crippen molar-refractivity contribution >= 4 is 21.7 Å². The topological polar surface area (TPSA) is 19.4 Å². The van der Waals surface area contributed by atoms with Gasteiger partial charge in [0.1, 0.15) is 5.82 Å².